The lowest BCUT2D eigenvalue weighted by Gasteiger charge is -2.25. The second kappa shape index (κ2) is 13.7. The Kier molecular flexibility index (Phi) is 10.4. The van der Waals surface area contributed by atoms with Gasteiger partial charge in [0.25, 0.3) is 0 Å². The quantitative estimate of drug-likeness (QED) is 0.167. The standard InChI is InChI=1S/C28H34N4O5S/c1-17(2)12-19(15-25(33)32-37)27(35)31-23(14-20-16-38-24-11-7-6-10-21(20)24)28(36)30-22(26(29)34)13-18-8-4-3-5-9-18/h3-11,16-17,19,22-23,37H,12-15H2,1-2H3,(H2,29,34)(H,30,36)(H,31,35)(H,32,33)/t19-,22-,23+/m1/s1. The van der Waals surface area contributed by atoms with Crippen LogP contribution in [0.4, 0.5) is 0 Å². The first kappa shape index (κ1) is 28.8. The number of hydrogen-bond acceptors (Lipinski definition) is 6. The van der Waals surface area contributed by atoms with Gasteiger partial charge in [-0.2, -0.15) is 0 Å². The topological polar surface area (TPSA) is 151 Å². The summed E-state index contributed by atoms with van der Waals surface area (Å²) in [6.45, 7) is 3.83. The maximum absolute atomic E-state index is 13.5. The lowest BCUT2D eigenvalue weighted by atomic mass is 9.92. The number of hydroxylamine groups is 1. The zero-order valence-electron chi connectivity index (χ0n) is 21.5. The summed E-state index contributed by atoms with van der Waals surface area (Å²) >= 11 is 1.53. The van der Waals surface area contributed by atoms with Gasteiger partial charge in [-0.3, -0.25) is 24.4 Å². The Balaban J connectivity index is 1.86. The number of fused-ring (bicyclic) bond motifs is 1. The largest absolute Gasteiger partial charge is 0.368 e. The van der Waals surface area contributed by atoms with E-state index in [2.05, 4.69) is 10.6 Å². The van der Waals surface area contributed by atoms with Crippen LogP contribution in [-0.2, 0) is 32.0 Å². The number of carbonyl (C=O) groups is 4. The molecule has 3 atom stereocenters. The van der Waals surface area contributed by atoms with Crippen molar-refractivity contribution in [2.75, 3.05) is 0 Å². The Bertz CT molecular complexity index is 1260. The lowest BCUT2D eigenvalue weighted by molar-refractivity contribution is -0.137. The molecule has 4 amide bonds. The van der Waals surface area contributed by atoms with Gasteiger partial charge in [0.15, 0.2) is 0 Å². The maximum atomic E-state index is 13.5. The summed E-state index contributed by atoms with van der Waals surface area (Å²) in [4.78, 5) is 50.9. The molecular formula is C28H34N4O5S. The third kappa shape index (κ3) is 8.12. The molecule has 2 aromatic carbocycles. The smallest absolute Gasteiger partial charge is 0.244 e. The van der Waals surface area contributed by atoms with E-state index in [1.165, 1.54) is 11.3 Å². The molecule has 3 aromatic rings. The molecule has 202 valence electrons. The third-order valence-electron chi connectivity index (χ3n) is 6.24. The molecule has 1 aromatic heterocycles. The van der Waals surface area contributed by atoms with Crippen molar-refractivity contribution in [1.29, 1.82) is 0 Å². The molecule has 0 fully saturated rings. The van der Waals surface area contributed by atoms with Gasteiger partial charge in [-0.1, -0.05) is 62.4 Å². The highest BCUT2D eigenvalue weighted by Crippen LogP contribution is 2.27. The minimum atomic E-state index is -1.02. The SMILES string of the molecule is CC(C)C[C@H](CC(=O)NO)C(=O)N[C@@H](Cc1csc2ccccc12)C(=O)N[C@H](Cc1ccccc1)C(N)=O. The third-order valence-corrected chi connectivity index (χ3v) is 7.26. The maximum Gasteiger partial charge on any atom is 0.244 e. The fourth-order valence-electron chi connectivity index (χ4n) is 4.38. The van der Waals surface area contributed by atoms with Gasteiger partial charge in [0.05, 0.1) is 0 Å². The minimum Gasteiger partial charge on any atom is -0.368 e. The van der Waals surface area contributed by atoms with Crippen molar-refractivity contribution in [2.24, 2.45) is 17.6 Å². The first-order valence-electron chi connectivity index (χ1n) is 12.5. The minimum absolute atomic E-state index is 0.0930. The average molecular weight is 539 g/mol. The number of benzene rings is 2. The number of nitrogens with two attached hydrogens (primary N) is 1. The van der Waals surface area contributed by atoms with E-state index in [0.29, 0.717) is 6.42 Å². The lowest BCUT2D eigenvalue weighted by Crippen LogP contribution is -2.55. The van der Waals surface area contributed by atoms with Crippen LogP contribution < -0.4 is 21.8 Å². The molecule has 10 heteroatoms. The highest BCUT2D eigenvalue weighted by molar-refractivity contribution is 7.17. The van der Waals surface area contributed by atoms with E-state index in [0.717, 1.165) is 21.2 Å². The zero-order chi connectivity index (χ0) is 27.7. The molecule has 9 nitrogen and oxygen atoms in total. The predicted octanol–water partition coefficient (Wildman–Crippen LogP) is 2.70. The second-order valence-electron chi connectivity index (χ2n) is 9.74. The Labute approximate surface area is 225 Å². The van der Waals surface area contributed by atoms with Gasteiger partial charge in [0.2, 0.25) is 23.6 Å². The molecule has 0 saturated carbocycles. The number of amides is 4. The van der Waals surface area contributed by atoms with Crippen LogP contribution in [0.15, 0.2) is 60.0 Å². The van der Waals surface area contributed by atoms with Crippen molar-refractivity contribution in [3.8, 4) is 0 Å². The summed E-state index contributed by atoms with van der Waals surface area (Å²) < 4.78 is 1.05. The van der Waals surface area contributed by atoms with E-state index in [1.807, 2.05) is 73.8 Å². The van der Waals surface area contributed by atoms with Gasteiger partial charge in [-0.25, -0.2) is 5.48 Å². The van der Waals surface area contributed by atoms with Crippen molar-refractivity contribution >= 4 is 45.1 Å². The zero-order valence-corrected chi connectivity index (χ0v) is 22.3. The van der Waals surface area contributed by atoms with Gasteiger partial charge in [-0.05, 0) is 40.3 Å². The van der Waals surface area contributed by atoms with Crippen LogP contribution in [0.2, 0.25) is 0 Å². The van der Waals surface area contributed by atoms with E-state index in [4.69, 9.17) is 10.9 Å². The van der Waals surface area contributed by atoms with E-state index >= 15 is 0 Å². The van der Waals surface area contributed by atoms with Crippen LogP contribution in [-0.4, -0.2) is 40.9 Å². The van der Waals surface area contributed by atoms with Gasteiger partial charge >= 0.3 is 0 Å². The van der Waals surface area contributed by atoms with E-state index < -0.39 is 41.6 Å². The van der Waals surface area contributed by atoms with Crippen LogP contribution in [0.1, 0.15) is 37.8 Å². The number of hydrogen-bond donors (Lipinski definition) is 5. The molecule has 0 saturated heterocycles. The number of thiophene rings is 1. The van der Waals surface area contributed by atoms with Crippen LogP contribution in [0, 0.1) is 11.8 Å². The van der Waals surface area contributed by atoms with Crippen molar-refractivity contribution in [1.82, 2.24) is 16.1 Å². The highest BCUT2D eigenvalue weighted by Gasteiger charge is 2.30. The summed E-state index contributed by atoms with van der Waals surface area (Å²) in [6.07, 6.45) is 0.538. The van der Waals surface area contributed by atoms with Crippen molar-refractivity contribution in [3.05, 3.63) is 71.1 Å². The Hall–Kier alpha value is -3.76. The summed E-state index contributed by atoms with van der Waals surface area (Å²) in [5.41, 5.74) is 8.88. The molecule has 38 heavy (non-hydrogen) atoms. The molecule has 0 bridgehead atoms. The average Bonchev–Trinajstić information content (AvgIpc) is 3.30. The van der Waals surface area contributed by atoms with Crippen LogP contribution >= 0.6 is 11.3 Å². The van der Waals surface area contributed by atoms with Gasteiger partial charge in [0, 0.05) is 29.9 Å². The number of carbonyl (C=O) groups excluding carboxylic acids is 4. The molecule has 0 unspecified atom stereocenters. The van der Waals surface area contributed by atoms with Crippen LogP contribution in [0.5, 0.6) is 0 Å². The first-order valence-corrected chi connectivity index (χ1v) is 13.4. The Morgan fingerprint density at radius 1 is 0.895 bits per heavy atom. The Morgan fingerprint density at radius 2 is 1.55 bits per heavy atom. The van der Waals surface area contributed by atoms with Crippen molar-refractivity contribution in [2.45, 2.75) is 51.6 Å². The Morgan fingerprint density at radius 3 is 2.21 bits per heavy atom. The number of primary amides is 1. The fraction of sp³-hybridized carbons (Fsp3) is 0.357. The molecular weight excluding hydrogens is 504 g/mol. The van der Waals surface area contributed by atoms with E-state index in [-0.39, 0.29) is 25.2 Å². The fourth-order valence-corrected chi connectivity index (χ4v) is 5.35. The predicted molar refractivity (Wildman–Crippen MR) is 146 cm³/mol. The van der Waals surface area contributed by atoms with E-state index in [9.17, 15) is 19.2 Å². The summed E-state index contributed by atoms with van der Waals surface area (Å²) in [5.74, 6) is -3.08. The molecule has 0 spiro atoms. The van der Waals surface area contributed by atoms with Gasteiger partial charge in [0.1, 0.15) is 12.1 Å². The molecule has 3 rings (SSSR count). The molecule has 6 N–H and O–H groups in total. The van der Waals surface area contributed by atoms with Crippen molar-refractivity contribution in [3.63, 3.8) is 0 Å². The first-order chi connectivity index (χ1) is 18.2. The molecule has 0 aliphatic carbocycles. The molecule has 1 heterocycles. The van der Waals surface area contributed by atoms with E-state index in [1.54, 1.807) is 5.48 Å². The molecule has 0 radical (unpaired) electrons. The number of nitrogens with one attached hydrogen (secondary N) is 3. The summed E-state index contributed by atoms with van der Waals surface area (Å²) in [6, 6.07) is 14.9. The normalized spacial score (nSPS) is 13.5. The summed E-state index contributed by atoms with van der Waals surface area (Å²) in [7, 11) is 0. The molecule has 0 aliphatic heterocycles. The van der Waals surface area contributed by atoms with Crippen molar-refractivity contribution < 1.29 is 24.4 Å². The van der Waals surface area contributed by atoms with Crippen LogP contribution in [0.3, 0.4) is 0 Å². The van der Waals surface area contributed by atoms with Gasteiger partial charge in [-0.15, -0.1) is 11.3 Å². The van der Waals surface area contributed by atoms with Crippen LogP contribution in [0.25, 0.3) is 10.1 Å². The highest BCUT2D eigenvalue weighted by atomic mass is 32.1. The number of rotatable bonds is 13. The second-order valence-corrected chi connectivity index (χ2v) is 10.7. The monoisotopic (exact) mass is 538 g/mol. The van der Waals surface area contributed by atoms with Gasteiger partial charge < -0.3 is 16.4 Å². The summed E-state index contributed by atoms with van der Waals surface area (Å²) in [5, 5.41) is 17.4. The molecule has 0 aliphatic rings.